The number of hydrogen-bond donors (Lipinski definition) is 2. The molecule has 1 saturated carbocycles. The number of amides is 2. The van der Waals surface area contributed by atoms with Gasteiger partial charge in [-0.1, -0.05) is 45.4 Å². The Morgan fingerprint density at radius 2 is 1.78 bits per heavy atom. The first-order chi connectivity index (χ1) is 13.1. The molecule has 1 aliphatic rings. The van der Waals surface area contributed by atoms with Crippen molar-refractivity contribution in [3.05, 3.63) is 29.8 Å². The lowest BCUT2D eigenvalue weighted by Gasteiger charge is -2.29. The van der Waals surface area contributed by atoms with Crippen LogP contribution in [0, 0.1) is 16.7 Å². The number of nitrogens with zero attached hydrogens (tertiary/aromatic N) is 1. The molecule has 1 aromatic rings. The second-order valence-electron chi connectivity index (χ2n) is 7.10. The number of unbranched alkanes of at least 4 members (excludes halogenated alkanes) is 3. The van der Waals surface area contributed by atoms with E-state index in [0.717, 1.165) is 37.9 Å². The van der Waals surface area contributed by atoms with Crippen molar-refractivity contribution in [1.29, 1.82) is 5.26 Å². The van der Waals surface area contributed by atoms with Gasteiger partial charge < -0.3 is 4.74 Å². The summed E-state index contributed by atoms with van der Waals surface area (Å²) in [4.78, 5) is 24.6. The van der Waals surface area contributed by atoms with Gasteiger partial charge >= 0.3 is 0 Å². The van der Waals surface area contributed by atoms with Gasteiger partial charge in [0.1, 0.15) is 11.2 Å². The number of carbonyl (C=O) groups is 2. The van der Waals surface area contributed by atoms with Gasteiger partial charge in [-0.05, 0) is 43.5 Å². The minimum atomic E-state index is -1.03. The first-order valence-corrected chi connectivity index (χ1v) is 9.86. The largest absolute Gasteiger partial charge is 0.494 e. The number of rotatable bonds is 8. The third kappa shape index (κ3) is 5.99. The lowest BCUT2D eigenvalue weighted by atomic mass is 9.75. The maximum atomic E-state index is 12.4. The Balaban J connectivity index is 1.80. The van der Waals surface area contributed by atoms with Gasteiger partial charge in [0.05, 0.1) is 12.7 Å². The highest BCUT2D eigenvalue weighted by atomic mass is 16.5. The number of ether oxygens (including phenoxy) is 1. The summed E-state index contributed by atoms with van der Waals surface area (Å²) in [5.74, 6) is -0.121. The van der Waals surface area contributed by atoms with Crippen molar-refractivity contribution in [1.82, 2.24) is 10.9 Å². The summed E-state index contributed by atoms with van der Waals surface area (Å²) in [6.45, 7) is 2.83. The molecule has 2 N–H and O–H groups in total. The predicted molar refractivity (Wildman–Crippen MR) is 103 cm³/mol. The Kier molecular flexibility index (Phi) is 8.12. The molecule has 6 nitrogen and oxygen atoms in total. The molecule has 0 heterocycles. The average molecular weight is 371 g/mol. The quantitative estimate of drug-likeness (QED) is 0.536. The fraction of sp³-hybridized carbons (Fsp3) is 0.571. The molecule has 0 aliphatic heterocycles. The maximum Gasteiger partial charge on any atom is 0.269 e. The lowest BCUT2D eigenvalue weighted by molar-refractivity contribution is -0.130. The first kappa shape index (κ1) is 20.8. The summed E-state index contributed by atoms with van der Waals surface area (Å²) < 4.78 is 5.66. The van der Waals surface area contributed by atoms with E-state index in [0.29, 0.717) is 25.0 Å². The van der Waals surface area contributed by atoms with Gasteiger partial charge in [-0.2, -0.15) is 5.26 Å². The Labute approximate surface area is 161 Å². The highest BCUT2D eigenvalue weighted by Gasteiger charge is 2.40. The van der Waals surface area contributed by atoms with E-state index in [1.807, 2.05) is 0 Å². The maximum absolute atomic E-state index is 12.4. The fourth-order valence-corrected chi connectivity index (χ4v) is 3.27. The molecule has 0 saturated heterocycles. The van der Waals surface area contributed by atoms with Gasteiger partial charge in [0, 0.05) is 5.56 Å². The van der Waals surface area contributed by atoms with Crippen LogP contribution in [0.4, 0.5) is 0 Å². The highest BCUT2D eigenvalue weighted by Crippen LogP contribution is 2.35. The molecule has 0 bridgehead atoms. The normalized spacial score (nSPS) is 15.4. The summed E-state index contributed by atoms with van der Waals surface area (Å²) in [5.41, 5.74) is 4.22. The second kappa shape index (κ2) is 10.6. The molecule has 27 heavy (non-hydrogen) atoms. The lowest BCUT2D eigenvalue weighted by Crippen LogP contribution is -2.49. The van der Waals surface area contributed by atoms with E-state index in [4.69, 9.17) is 4.74 Å². The van der Waals surface area contributed by atoms with Gasteiger partial charge in [0.25, 0.3) is 11.8 Å². The van der Waals surface area contributed by atoms with Crippen molar-refractivity contribution >= 4 is 11.8 Å². The van der Waals surface area contributed by atoms with E-state index < -0.39 is 17.2 Å². The molecule has 0 atom stereocenters. The first-order valence-electron chi connectivity index (χ1n) is 9.86. The van der Waals surface area contributed by atoms with E-state index >= 15 is 0 Å². The smallest absolute Gasteiger partial charge is 0.269 e. The summed E-state index contributed by atoms with van der Waals surface area (Å²) in [5, 5.41) is 9.41. The summed E-state index contributed by atoms with van der Waals surface area (Å²) >= 11 is 0. The Bertz CT molecular complexity index is 658. The van der Waals surface area contributed by atoms with Crippen LogP contribution >= 0.6 is 0 Å². The van der Waals surface area contributed by atoms with Gasteiger partial charge in [-0.25, -0.2) is 0 Å². The third-order valence-corrected chi connectivity index (χ3v) is 5.03. The zero-order chi connectivity index (χ0) is 19.5. The molecular formula is C21H29N3O3. The van der Waals surface area contributed by atoms with Crippen LogP contribution in [0.25, 0.3) is 0 Å². The standard InChI is InChI=1S/C21H29N3O3/c1-2-3-4-8-15-27-18-11-9-17(10-12-18)19(25)23-24-20(26)21(16-22)13-6-5-7-14-21/h9-12H,2-8,13-15H2,1H3,(H,23,25)(H,24,26). The minimum absolute atomic E-state index is 0.415. The van der Waals surface area contributed by atoms with E-state index in [2.05, 4.69) is 23.8 Å². The van der Waals surface area contributed by atoms with Crippen molar-refractivity contribution in [2.24, 2.45) is 5.41 Å². The number of hydrazine groups is 1. The van der Waals surface area contributed by atoms with Crippen LogP contribution in [0.5, 0.6) is 5.75 Å². The summed E-state index contributed by atoms with van der Waals surface area (Å²) in [6, 6.07) is 8.94. The highest BCUT2D eigenvalue weighted by molar-refractivity contribution is 5.96. The molecule has 1 aliphatic carbocycles. The molecule has 6 heteroatoms. The molecule has 2 rings (SSSR count). The number of benzene rings is 1. The van der Waals surface area contributed by atoms with Crippen LogP contribution in [0.3, 0.4) is 0 Å². The van der Waals surface area contributed by atoms with Gasteiger partial charge in [0.2, 0.25) is 0 Å². The summed E-state index contributed by atoms with van der Waals surface area (Å²) in [6.07, 6.45) is 8.39. The van der Waals surface area contributed by atoms with Crippen LogP contribution in [-0.4, -0.2) is 18.4 Å². The molecule has 146 valence electrons. The average Bonchev–Trinajstić information content (AvgIpc) is 2.72. The molecule has 0 radical (unpaired) electrons. The second-order valence-corrected chi connectivity index (χ2v) is 7.10. The van der Waals surface area contributed by atoms with Crippen molar-refractivity contribution in [3.63, 3.8) is 0 Å². The minimum Gasteiger partial charge on any atom is -0.494 e. The van der Waals surface area contributed by atoms with Crippen LogP contribution in [0.2, 0.25) is 0 Å². The van der Waals surface area contributed by atoms with Gasteiger partial charge in [-0.3, -0.25) is 20.4 Å². The molecule has 2 amide bonds. The van der Waals surface area contributed by atoms with Crippen molar-refractivity contribution in [2.45, 2.75) is 64.7 Å². The zero-order valence-corrected chi connectivity index (χ0v) is 16.1. The van der Waals surface area contributed by atoms with E-state index in [1.165, 1.54) is 12.8 Å². The van der Waals surface area contributed by atoms with Crippen LogP contribution in [0.1, 0.15) is 75.1 Å². The predicted octanol–water partition coefficient (Wildman–Crippen LogP) is 3.88. The SMILES string of the molecule is CCCCCCOc1ccc(C(=O)NNC(=O)C2(C#N)CCCCC2)cc1. The number of hydrogen-bond acceptors (Lipinski definition) is 4. The van der Waals surface area contributed by atoms with Crippen LogP contribution in [-0.2, 0) is 4.79 Å². The Hall–Kier alpha value is -2.55. The third-order valence-electron chi connectivity index (χ3n) is 5.03. The fourth-order valence-electron chi connectivity index (χ4n) is 3.27. The molecule has 0 aromatic heterocycles. The van der Waals surface area contributed by atoms with E-state index in [-0.39, 0.29) is 0 Å². The molecular weight excluding hydrogens is 342 g/mol. The van der Waals surface area contributed by atoms with E-state index in [1.54, 1.807) is 24.3 Å². The topological polar surface area (TPSA) is 91.2 Å². The van der Waals surface area contributed by atoms with Crippen LogP contribution in [0.15, 0.2) is 24.3 Å². The van der Waals surface area contributed by atoms with Crippen LogP contribution < -0.4 is 15.6 Å². The van der Waals surface area contributed by atoms with Crippen molar-refractivity contribution < 1.29 is 14.3 Å². The summed E-state index contributed by atoms with van der Waals surface area (Å²) in [7, 11) is 0. The number of nitrogens with one attached hydrogen (secondary N) is 2. The molecule has 1 aromatic carbocycles. The molecule has 0 unspecified atom stereocenters. The van der Waals surface area contributed by atoms with Gasteiger partial charge in [-0.15, -0.1) is 0 Å². The van der Waals surface area contributed by atoms with Crippen molar-refractivity contribution in [3.8, 4) is 11.8 Å². The molecule has 0 spiro atoms. The van der Waals surface area contributed by atoms with Crippen molar-refractivity contribution in [2.75, 3.05) is 6.61 Å². The Morgan fingerprint density at radius 1 is 1.07 bits per heavy atom. The molecule has 1 fully saturated rings. The Morgan fingerprint density at radius 3 is 2.41 bits per heavy atom. The number of nitriles is 1. The van der Waals surface area contributed by atoms with Gasteiger partial charge in [0.15, 0.2) is 0 Å². The van der Waals surface area contributed by atoms with E-state index in [9.17, 15) is 14.9 Å². The zero-order valence-electron chi connectivity index (χ0n) is 16.1. The number of carbonyl (C=O) groups excluding carboxylic acids is 2. The monoisotopic (exact) mass is 371 g/mol.